The van der Waals surface area contributed by atoms with E-state index in [0.717, 1.165) is 19.6 Å². The van der Waals surface area contributed by atoms with Gasteiger partial charge in [-0.2, -0.15) is 0 Å². The Kier molecular flexibility index (Phi) is 3.53. The van der Waals surface area contributed by atoms with E-state index < -0.39 is 0 Å². The molecular weight excluding hydrogens is 180 g/mol. The molecule has 0 saturated carbocycles. The van der Waals surface area contributed by atoms with Gasteiger partial charge in [0.1, 0.15) is 0 Å². The number of morpholine rings is 1. The van der Waals surface area contributed by atoms with E-state index in [2.05, 4.69) is 37.4 Å². The van der Waals surface area contributed by atoms with E-state index in [1.54, 1.807) is 0 Å². The second kappa shape index (κ2) is 4.14. The van der Waals surface area contributed by atoms with Crippen molar-refractivity contribution in [1.82, 2.24) is 4.90 Å². The molecule has 0 bridgehead atoms. The largest absolute Gasteiger partial charge is 0.367 e. The minimum atomic E-state index is -0.0870. The van der Waals surface area contributed by atoms with Crippen LogP contribution in [-0.2, 0) is 9.57 Å². The van der Waals surface area contributed by atoms with Crippen LogP contribution in [0.25, 0.3) is 0 Å². The van der Waals surface area contributed by atoms with Gasteiger partial charge in [0.2, 0.25) is 0 Å². The molecule has 14 heavy (non-hydrogen) atoms. The van der Waals surface area contributed by atoms with E-state index in [0.29, 0.717) is 6.61 Å². The van der Waals surface area contributed by atoms with Crippen molar-refractivity contribution in [2.24, 2.45) is 5.90 Å². The first-order chi connectivity index (χ1) is 6.35. The second-order valence-electron chi connectivity index (χ2n) is 5.20. The van der Waals surface area contributed by atoms with Crippen molar-refractivity contribution in [1.29, 1.82) is 0 Å². The molecule has 0 aliphatic carbocycles. The summed E-state index contributed by atoms with van der Waals surface area (Å²) in [6, 6.07) is 0. The fourth-order valence-electron chi connectivity index (χ4n) is 2.29. The minimum absolute atomic E-state index is 0.0870. The van der Waals surface area contributed by atoms with E-state index in [1.165, 1.54) is 0 Å². The maximum Gasteiger partial charge on any atom is 0.0806 e. The zero-order valence-corrected chi connectivity index (χ0v) is 9.67. The summed E-state index contributed by atoms with van der Waals surface area (Å²) in [4.78, 5) is 6.93. The monoisotopic (exact) mass is 202 g/mol. The Bertz CT molecular complexity index is 177. The molecular formula is C10H22N2O2. The van der Waals surface area contributed by atoms with E-state index in [4.69, 9.17) is 10.6 Å². The lowest BCUT2D eigenvalue weighted by molar-refractivity contribution is -0.182. The Labute approximate surface area is 86.3 Å². The predicted molar refractivity (Wildman–Crippen MR) is 55.8 cm³/mol. The summed E-state index contributed by atoms with van der Waals surface area (Å²) < 4.78 is 5.96. The van der Waals surface area contributed by atoms with E-state index in [9.17, 15) is 0 Å². The van der Waals surface area contributed by atoms with Crippen LogP contribution in [0.4, 0.5) is 0 Å². The van der Waals surface area contributed by atoms with Gasteiger partial charge in [0.25, 0.3) is 0 Å². The van der Waals surface area contributed by atoms with Crippen molar-refractivity contribution >= 4 is 0 Å². The van der Waals surface area contributed by atoms with Gasteiger partial charge in [-0.3, -0.25) is 4.90 Å². The summed E-state index contributed by atoms with van der Waals surface area (Å²) in [6.45, 7) is 11.8. The van der Waals surface area contributed by atoms with Crippen molar-refractivity contribution in [3.05, 3.63) is 0 Å². The van der Waals surface area contributed by atoms with Gasteiger partial charge in [0.15, 0.2) is 0 Å². The van der Waals surface area contributed by atoms with Gasteiger partial charge in [-0.05, 0) is 27.7 Å². The number of rotatable bonds is 3. The van der Waals surface area contributed by atoms with Crippen LogP contribution in [-0.4, -0.2) is 42.3 Å². The Balaban J connectivity index is 2.53. The third-order valence-electron chi connectivity index (χ3n) is 2.29. The van der Waals surface area contributed by atoms with E-state index >= 15 is 0 Å². The Morgan fingerprint density at radius 1 is 1.21 bits per heavy atom. The number of hydrogen-bond acceptors (Lipinski definition) is 4. The Hall–Kier alpha value is -0.160. The molecule has 0 unspecified atom stereocenters. The van der Waals surface area contributed by atoms with Gasteiger partial charge in [-0.1, -0.05) is 0 Å². The normalized spacial score (nSPS) is 26.4. The zero-order chi connectivity index (χ0) is 10.8. The maximum atomic E-state index is 5.96. The number of hydrogen-bond donors (Lipinski definition) is 1. The molecule has 0 radical (unpaired) electrons. The van der Waals surface area contributed by atoms with Crippen molar-refractivity contribution in [3.63, 3.8) is 0 Å². The third-order valence-corrected chi connectivity index (χ3v) is 2.29. The lowest BCUT2D eigenvalue weighted by Gasteiger charge is -2.47. The Morgan fingerprint density at radius 3 is 2.14 bits per heavy atom. The molecule has 0 aromatic rings. The lowest BCUT2D eigenvalue weighted by Crippen LogP contribution is -2.57. The molecule has 1 saturated heterocycles. The number of nitrogens with zero attached hydrogens (tertiary/aromatic N) is 1. The zero-order valence-electron chi connectivity index (χ0n) is 9.67. The van der Waals surface area contributed by atoms with Crippen LogP contribution >= 0.6 is 0 Å². The van der Waals surface area contributed by atoms with Gasteiger partial charge in [0.05, 0.1) is 17.8 Å². The highest BCUT2D eigenvalue weighted by atomic mass is 16.6. The average Bonchev–Trinajstić information content (AvgIpc) is 1.94. The smallest absolute Gasteiger partial charge is 0.0806 e. The standard InChI is InChI=1S/C10H22N2O2/c1-9(2)7-12(5-6-13-11)8-10(3,4)14-9/h5-8,11H2,1-4H3. The van der Waals surface area contributed by atoms with Gasteiger partial charge >= 0.3 is 0 Å². The molecule has 1 heterocycles. The molecule has 4 nitrogen and oxygen atoms in total. The van der Waals surface area contributed by atoms with Crippen molar-refractivity contribution in [2.75, 3.05) is 26.2 Å². The van der Waals surface area contributed by atoms with Crippen LogP contribution in [0, 0.1) is 0 Å². The fourth-order valence-corrected chi connectivity index (χ4v) is 2.29. The SMILES string of the molecule is CC1(C)CN(CCON)CC(C)(C)O1. The quantitative estimate of drug-likeness (QED) is 0.687. The van der Waals surface area contributed by atoms with Crippen LogP contribution in [0.3, 0.4) is 0 Å². The molecule has 0 aromatic carbocycles. The topological polar surface area (TPSA) is 47.7 Å². The molecule has 1 aliphatic heterocycles. The third kappa shape index (κ3) is 3.53. The summed E-state index contributed by atoms with van der Waals surface area (Å²) >= 11 is 0. The highest BCUT2D eigenvalue weighted by Gasteiger charge is 2.37. The van der Waals surface area contributed by atoms with Gasteiger partial charge in [-0.25, -0.2) is 5.90 Å². The van der Waals surface area contributed by atoms with E-state index in [-0.39, 0.29) is 11.2 Å². The van der Waals surface area contributed by atoms with Crippen LogP contribution < -0.4 is 5.90 Å². The second-order valence-corrected chi connectivity index (χ2v) is 5.20. The molecule has 84 valence electrons. The molecule has 0 spiro atoms. The van der Waals surface area contributed by atoms with Crippen LogP contribution in [0.1, 0.15) is 27.7 Å². The van der Waals surface area contributed by atoms with Crippen LogP contribution in [0.2, 0.25) is 0 Å². The number of nitrogens with two attached hydrogens (primary N) is 1. The molecule has 2 N–H and O–H groups in total. The van der Waals surface area contributed by atoms with Crippen LogP contribution in [0.5, 0.6) is 0 Å². The molecule has 4 heteroatoms. The molecule has 1 fully saturated rings. The maximum absolute atomic E-state index is 5.96. The summed E-state index contributed by atoms with van der Waals surface area (Å²) in [7, 11) is 0. The average molecular weight is 202 g/mol. The molecule has 1 rings (SSSR count). The van der Waals surface area contributed by atoms with Crippen molar-refractivity contribution < 1.29 is 9.57 Å². The Morgan fingerprint density at radius 2 is 1.71 bits per heavy atom. The molecule has 1 aliphatic rings. The summed E-state index contributed by atoms with van der Waals surface area (Å²) in [5.74, 6) is 5.02. The predicted octanol–water partition coefficient (Wildman–Crippen LogP) is 0.766. The first-order valence-electron chi connectivity index (χ1n) is 5.09. The molecule has 0 amide bonds. The summed E-state index contributed by atoms with van der Waals surface area (Å²) in [5.41, 5.74) is -0.174. The minimum Gasteiger partial charge on any atom is -0.367 e. The highest BCUT2D eigenvalue weighted by Crippen LogP contribution is 2.27. The number of ether oxygens (including phenoxy) is 1. The first-order valence-corrected chi connectivity index (χ1v) is 5.09. The fraction of sp³-hybridized carbons (Fsp3) is 1.00. The highest BCUT2D eigenvalue weighted by molar-refractivity contribution is 4.88. The first kappa shape index (κ1) is 11.9. The summed E-state index contributed by atoms with van der Waals surface area (Å²) in [6.07, 6.45) is 0. The summed E-state index contributed by atoms with van der Waals surface area (Å²) in [5, 5.41) is 0. The van der Waals surface area contributed by atoms with Gasteiger partial charge in [-0.15, -0.1) is 0 Å². The van der Waals surface area contributed by atoms with Gasteiger partial charge < -0.3 is 9.57 Å². The lowest BCUT2D eigenvalue weighted by atomic mass is 9.99. The van der Waals surface area contributed by atoms with Crippen molar-refractivity contribution in [2.45, 2.75) is 38.9 Å². The van der Waals surface area contributed by atoms with Gasteiger partial charge in [0, 0.05) is 19.6 Å². The molecule has 0 atom stereocenters. The van der Waals surface area contributed by atoms with E-state index in [1.807, 2.05) is 0 Å². The molecule has 0 aromatic heterocycles. The van der Waals surface area contributed by atoms with Crippen molar-refractivity contribution in [3.8, 4) is 0 Å². The van der Waals surface area contributed by atoms with Crippen LogP contribution in [0.15, 0.2) is 0 Å².